The zero-order valence-electron chi connectivity index (χ0n) is 13.8. The van der Waals surface area contributed by atoms with E-state index in [1.165, 1.54) is 29.8 Å². The molecule has 2 aromatic rings. The zero-order chi connectivity index (χ0) is 17.5. The van der Waals surface area contributed by atoms with Crippen LogP contribution in [-0.2, 0) is 5.41 Å². The summed E-state index contributed by atoms with van der Waals surface area (Å²) >= 11 is 0. The van der Waals surface area contributed by atoms with E-state index in [1.54, 1.807) is 6.08 Å². The molecule has 0 bridgehead atoms. The molecule has 0 saturated carbocycles. The summed E-state index contributed by atoms with van der Waals surface area (Å²) in [7, 11) is 1.95. The van der Waals surface area contributed by atoms with Gasteiger partial charge in [0.25, 0.3) is 5.69 Å². The van der Waals surface area contributed by atoms with Crippen molar-refractivity contribution in [2.24, 2.45) is 0 Å². The van der Waals surface area contributed by atoms with Gasteiger partial charge in [-0.05, 0) is 23.8 Å². The van der Waals surface area contributed by atoms with E-state index >= 15 is 0 Å². The zero-order valence-corrected chi connectivity index (χ0v) is 13.8. The second-order valence-corrected chi connectivity index (χ2v) is 6.40. The van der Waals surface area contributed by atoms with Crippen LogP contribution in [0.3, 0.4) is 0 Å². The van der Waals surface area contributed by atoms with Gasteiger partial charge in [0.15, 0.2) is 5.78 Å². The molecule has 0 fully saturated rings. The van der Waals surface area contributed by atoms with Crippen LogP contribution in [0.2, 0.25) is 0 Å². The average Bonchev–Trinajstić information content (AvgIpc) is 2.76. The Morgan fingerprint density at radius 1 is 1.12 bits per heavy atom. The molecule has 0 aliphatic carbocycles. The SMILES string of the molecule is CN1/C(=C/C(=O)c2ccc([N+](=O)[O-])cc2)C(C)(C)c2ccccc21. The van der Waals surface area contributed by atoms with Gasteiger partial charge < -0.3 is 4.90 Å². The Hall–Kier alpha value is -2.95. The van der Waals surface area contributed by atoms with Crippen molar-refractivity contribution in [3.05, 3.63) is 81.5 Å². The van der Waals surface area contributed by atoms with Crippen LogP contribution in [0.4, 0.5) is 11.4 Å². The molecule has 5 nitrogen and oxygen atoms in total. The minimum Gasteiger partial charge on any atom is -0.347 e. The van der Waals surface area contributed by atoms with Crippen LogP contribution >= 0.6 is 0 Å². The van der Waals surface area contributed by atoms with E-state index in [9.17, 15) is 14.9 Å². The number of hydrogen-bond donors (Lipinski definition) is 0. The first-order valence-corrected chi connectivity index (χ1v) is 7.66. The summed E-state index contributed by atoms with van der Waals surface area (Å²) in [5.74, 6) is -0.160. The van der Waals surface area contributed by atoms with Gasteiger partial charge in [-0.15, -0.1) is 0 Å². The summed E-state index contributed by atoms with van der Waals surface area (Å²) in [5, 5.41) is 10.7. The third-order valence-electron chi connectivity index (χ3n) is 4.57. The van der Waals surface area contributed by atoms with Crippen molar-refractivity contribution in [1.29, 1.82) is 0 Å². The first-order chi connectivity index (χ1) is 11.3. The summed E-state index contributed by atoms with van der Waals surface area (Å²) in [6.45, 7) is 4.18. The lowest BCUT2D eigenvalue weighted by atomic mass is 9.83. The van der Waals surface area contributed by atoms with E-state index in [0.29, 0.717) is 5.56 Å². The van der Waals surface area contributed by atoms with Crippen LogP contribution in [0.15, 0.2) is 60.3 Å². The van der Waals surface area contributed by atoms with E-state index in [-0.39, 0.29) is 16.9 Å². The lowest BCUT2D eigenvalue weighted by Crippen LogP contribution is -2.24. The van der Waals surface area contributed by atoms with Gasteiger partial charge >= 0.3 is 0 Å². The van der Waals surface area contributed by atoms with Crippen molar-refractivity contribution in [2.75, 3.05) is 11.9 Å². The first kappa shape index (κ1) is 15.9. The van der Waals surface area contributed by atoms with Gasteiger partial charge in [0.1, 0.15) is 0 Å². The fourth-order valence-electron chi connectivity index (χ4n) is 3.21. The van der Waals surface area contributed by atoms with Crippen LogP contribution in [0.1, 0.15) is 29.8 Å². The standard InChI is InChI=1S/C19H18N2O3/c1-19(2)15-6-4-5-7-16(15)20(3)18(19)12-17(22)13-8-10-14(11-9-13)21(23)24/h4-12H,1-3H3/b18-12+. The van der Waals surface area contributed by atoms with Gasteiger partial charge in [-0.3, -0.25) is 14.9 Å². The molecule has 122 valence electrons. The molecule has 0 unspecified atom stereocenters. The number of benzene rings is 2. The maximum absolute atomic E-state index is 12.6. The lowest BCUT2D eigenvalue weighted by Gasteiger charge is -2.23. The predicted molar refractivity (Wildman–Crippen MR) is 93.4 cm³/mol. The molecule has 0 aromatic heterocycles. The Labute approximate surface area is 140 Å². The maximum atomic E-state index is 12.6. The molecule has 1 heterocycles. The highest BCUT2D eigenvalue weighted by Gasteiger charge is 2.38. The normalized spacial score (nSPS) is 17.0. The largest absolute Gasteiger partial charge is 0.347 e. The van der Waals surface area contributed by atoms with E-state index in [1.807, 2.05) is 30.1 Å². The van der Waals surface area contributed by atoms with Gasteiger partial charge in [0.05, 0.1) is 4.92 Å². The number of likely N-dealkylation sites (N-methyl/N-ethyl adjacent to an activating group) is 1. The van der Waals surface area contributed by atoms with Crippen molar-refractivity contribution in [3.63, 3.8) is 0 Å². The topological polar surface area (TPSA) is 63.5 Å². The number of nitro groups is 1. The number of carbonyl (C=O) groups excluding carboxylic acids is 1. The van der Waals surface area contributed by atoms with Crippen LogP contribution in [0.25, 0.3) is 0 Å². The molecule has 1 aliphatic heterocycles. The number of fused-ring (bicyclic) bond motifs is 1. The van der Waals surface area contributed by atoms with Gasteiger partial charge in [0, 0.05) is 47.6 Å². The van der Waals surface area contributed by atoms with E-state index in [0.717, 1.165) is 11.4 Å². The van der Waals surface area contributed by atoms with Crippen LogP contribution in [0.5, 0.6) is 0 Å². The predicted octanol–water partition coefficient (Wildman–Crippen LogP) is 4.09. The van der Waals surface area contributed by atoms with Gasteiger partial charge in [-0.25, -0.2) is 0 Å². The van der Waals surface area contributed by atoms with Gasteiger partial charge in [0.2, 0.25) is 0 Å². The Balaban J connectivity index is 1.96. The Morgan fingerprint density at radius 3 is 2.33 bits per heavy atom. The fraction of sp³-hybridized carbons (Fsp3) is 0.211. The van der Waals surface area contributed by atoms with Gasteiger partial charge in [-0.1, -0.05) is 32.0 Å². The second-order valence-electron chi connectivity index (χ2n) is 6.40. The molecular formula is C19H18N2O3. The smallest absolute Gasteiger partial charge is 0.269 e. The van der Waals surface area contributed by atoms with Crippen LogP contribution < -0.4 is 4.90 Å². The van der Waals surface area contributed by atoms with Crippen LogP contribution in [-0.4, -0.2) is 17.8 Å². The highest BCUT2D eigenvalue weighted by molar-refractivity contribution is 6.05. The summed E-state index contributed by atoms with van der Waals surface area (Å²) in [4.78, 5) is 24.9. The monoisotopic (exact) mass is 322 g/mol. The summed E-state index contributed by atoms with van der Waals surface area (Å²) in [6, 6.07) is 13.8. The number of nitro benzene ring substituents is 1. The minimum atomic E-state index is -0.475. The Morgan fingerprint density at radius 2 is 1.75 bits per heavy atom. The molecule has 0 saturated heterocycles. The van der Waals surface area contributed by atoms with E-state index in [4.69, 9.17) is 0 Å². The summed E-state index contributed by atoms with van der Waals surface area (Å²) in [6.07, 6.45) is 1.63. The number of nitrogens with zero attached hydrogens (tertiary/aromatic N) is 2. The van der Waals surface area contributed by atoms with Crippen molar-refractivity contribution in [3.8, 4) is 0 Å². The average molecular weight is 322 g/mol. The Bertz CT molecular complexity index is 851. The van der Waals surface area contributed by atoms with E-state index in [2.05, 4.69) is 19.9 Å². The third kappa shape index (κ3) is 2.48. The van der Waals surface area contributed by atoms with Crippen molar-refractivity contribution >= 4 is 17.2 Å². The number of para-hydroxylation sites is 1. The van der Waals surface area contributed by atoms with Crippen LogP contribution in [0, 0.1) is 10.1 Å². The number of carbonyl (C=O) groups is 1. The first-order valence-electron chi connectivity index (χ1n) is 7.66. The fourth-order valence-corrected chi connectivity index (χ4v) is 3.21. The number of anilines is 1. The Kier molecular flexibility index (Phi) is 3.72. The van der Waals surface area contributed by atoms with Crippen molar-refractivity contribution in [2.45, 2.75) is 19.3 Å². The van der Waals surface area contributed by atoms with E-state index < -0.39 is 4.92 Å². The molecular weight excluding hydrogens is 304 g/mol. The number of rotatable bonds is 3. The molecule has 2 aromatic carbocycles. The second kappa shape index (κ2) is 5.60. The highest BCUT2D eigenvalue weighted by atomic mass is 16.6. The molecule has 1 aliphatic rings. The molecule has 0 amide bonds. The van der Waals surface area contributed by atoms with Crippen molar-refractivity contribution < 1.29 is 9.72 Å². The lowest BCUT2D eigenvalue weighted by molar-refractivity contribution is -0.384. The van der Waals surface area contributed by atoms with Gasteiger partial charge in [-0.2, -0.15) is 0 Å². The number of hydrogen-bond acceptors (Lipinski definition) is 4. The molecule has 0 atom stereocenters. The molecule has 5 heteroatoms. The molecule has 0 radical (unpaired) electrons. The summed E-state index contributed by atoms with van der Waals surface area (Å²) in [5.41, 5.74) is 3.31. The highest BCUT2D eigenvalue weighted by Crippen LogP contribution is 2.46. The quantitative estimate of drug-likeness (QED) is 0.369. The molecule has 24 heavy (non-hydrogen) atoms. The number of allylic oxidation sites excluding steroid dienone is 2. The molecule has 0 N–H and O–H groups in total. The minimum absolute atomic E-state index is 0.0232. The number of ketones is 1. The number of non-ortho nitro benzene ring substituents is 1. The van der Waals surface area contributed by atoms with Crippen molar-refractivity contribution in [1.82, 2.24) is 0 Å². The molecule has 0 spiro atoms. The molecule has 3 rings (SSSR count). The summed E-state index contributed by atoms with van der Waals surface area (Å²) < 4.78 is 0. The maximum Gasteiger partial charge on any atom is 0.269 e. The third-order valence-corrected chi connectivity index (χ3v) is 4.57.